The summed E-state index contributed by atoms with van der Waals surface area (Å²) in [4.78, 5) is 0. The second kappa shape index (κ2) is 5.87. The molecule has 1 aromatic carbocycles. The molecule has 2 rings (SSSR count). The van der Waals surface area contributed by atoms with E-state index in [1.54, 1.807) is 7.11 Å². The number of benzene rings is 1. The van der Waals surface area contributed by atoms with Crippen LogP contribution in [0.1, 0.15) is 31.2 Å². The highest BCUT2D eigenvalue weighted by atomic mass is 16.5. The van der Waals surface area contributed by atoms with E-state index in [0.29, 0.717) is 6.42 Å². The number of aliphatic hydroxyl groups excluding tert-OH is 1. The molecule has 0 amide bonds. The molecule has 0 fully saturated rings. The Labute approximate surface area is 103 Å². The van der Waals surface area contributed by atoms with E-state index in [4.69, 9.17) is 4.74 Å². The Morgan fingerprint density at radius 3 is 2.94 bits per heavy atom. The van der Waals surface area contributed by atoms with Gasteiger partial charge in [0.2, 0.25) is 0 Å². The smallest absolute Gasteiger partial charge is 0.119 e. The molecule has 2 heteroatoms. The van der Waals surface area contributed by atoms with Gasteiger partial charge in [-0.15, -0.1) is 0 Å². The molecule has 92 valence electrons. The van der Waals surface area contributed by atoms with Crippen molar-refractivity contribution in [2.24, 2.45) is 0 Å². The molecule has 0 bridgehead atoms. The highest BCUT2D eigenvalue weighted by Crippen LogP contribution is 2.23. The fourth-order valence-electron chi connectivity index (χ4n) is 2.32. The average molecular weight is 232 g/mol. The number of ether oxygens (including phenoxy) is 1. The van der Waals surface area contributed by atoms with E-state index in [2.05, 4.69) is 6.08 Å². The Kier molecular flexibility index (Phi) is 4.21. The molecule has 2 nitrogen and oxygen atoms in total. The summed E-state index contributed by atoms with van der Waals surface area (Å²) in [5, 5.41) is 10.2. The van der Waals surface area contributed by atoms with Crippen molar-refractivity contribution in [2.75, 3.05) is 7.11 Å². The number of hydrogen-bond donors (Lipinski definition) is 1. The summed E-state index contributed by atoms with van der Waals surface area (Å²) in [7, 11) is 1.67. The zero-order chi connectivity index (χ0) is 12.1. The SMILES string of the molecule is COc1cccc(CC(O)C2=CCCCC2)c1. The fraction of sp³-hybridized carbons (Fsp3) is 0.467. The molecule has 0 heterocycles. The first-order chi connectivity index (χ1) is 8.29. The van der Waals surface area contributed by atoms with Gasteiger partial charge in [0.25, 0.3) is 0 Å². The van der Waals surface area contributed by atoms with E-state index in [-0.39, 0.29) is 6.10 Å². The van der Waals surface area contributed by atoms with Gasteiger partial charge in [-0.2, -0.15) is 0 Å². The first-order valence-electron chi connectivity index (χ1n) is 6.29. The molecule has 1 atom stereocenters. The van der Waals surface area contributed by atoms with Crippen LogP contribution in [0.4, 0.5) is 0 Å². The Hall–Kier alpha value is -1.28. The topological polar surface area (TPSA) is 29.5 Å². The summed E-state index contributed by atoms with van der Waals surface area (Å²) in [6, 6.07) is 7.92. The zero-order valence-electron chi connectivity index (χ0n) is 10.4. The van der Waals surface area contributed by atoms with Crippen molar-refractivity contribution in [3.63, 3.8) is 0 Å². The maximum absolute atomic E-state index is 10.2. The lowest BCUT2D eigenvalue weighted by Crippen LogP contribution is -2.15. The highest BCUT2D eigenvalue weighted by molar-refractivity contribution is 5.30. The van der Waals surface area contributed by atoms with E-state index in [0.717, 1.165) is 24.2 Å². The monoisotopic (exact) mass is 232 g/mol. The van der Waals surface area contributed by atoms with Gasteiger partial charge >= 0.3 is 0 Å². The Morgan fingerprint density at radius 2 is 2.24 bits per heavy atom. The fourth-order valence-corrected chi connectivity index (χ4v) is 2.32. The van der Waals surface area contributed by atoms with E-state index in [1.165, 1.54) is 18.4 Å². The molecule has 0 aromatic heterocycles. The summed E-state index contributed by atoms with van der Waals surface area (Å²) < 4.78 is 5.19. The van der Waals surface area contributed by atoms with Gasteiger partial charge in [0.1, 0.15) is 5.75 Å². The summed E-state index contributed by atoms with van der Waals surface area (Å²) in [6.07, 6.45) is 7.19. The summed E-state index contributed by atoms with van der Waals surface area (Å²) in [5.74, 6) is 0.854. The van der Waals surface area contributed by atoms with Gasteiger partial charge in [-0.05, 0) is 49.0 Å². The molecule has 0 aliphatic heterocycles. The van der Waals surface area contributed by atoms with Gasteiger partial charge in [0.15, 0.2) is 0 Å². The number of aliphatic hydroxyl groups is 1. The van der Waals surface area contributed by atoms with Crippen molar-refractivity contribution >= 4 is 0 Å². The molecular formula is C15H20O2. The van der Waals surface area contributed by atoms with Crippen LogP contribution >= 0.6 is 0 Å². The van der Waals surface area contributed by atoms with Gasteiger partial charge in [-0.1, -0.05) is 18.2 Å². The predicted octanol–water partition coefficient (Wildman–Crippen LogP) is 3.10. The van der Waals surface area contributed by atoms with Crippen LogP contribution in [0, 0.1) is 0 Å². The normalized spacial score (nSPS) is 17.4. The quantitative estimate of drug-likeness (QED) is 0.808. The van der Waals surface area contributed by atoms with Crippen LogP contribution in [0.15, 0.2) is 35.9 Å². The van der Waals surface area contributed by atoms with E-state index < -0.39 is 0 Å². The van der Waals surface area contributed by atoms with Crippen molar-refractivity contribution in [1.82, 2.24) is 0 Å². The van der Waals surface area contributed by atoms with E-state index in [9.17, 15) is 5.11 Å². The second-order valence-electron chi connectivity index (χ2n) is 4.60. The molecule has 1 aliphatic carbocycles. The number of methoxy groups -OCH3 is 1. The molecule has 1 unspecified atom stereocenters. The molecule has 1 aliphatic rings. The minimum atomic E-state index is -0.331. The van der Waals surface area contributed by atoms with Crippen molar-refractivity contribution in [3.8, 4) is 5.75 Å². The third-order valence-corrected chi connectivity index (χ3v) is 3.32. The van der Waals surface area contributed by atoms with Crippen molar-refractivity contribution in [1.29, 1.82) is 0 Å². The van der Waals surface area contributed by atoms with Gasteiger partial charge in [0, 0.05) is 6.42 Å². The Balaban J connectivity index is 2.01. The summed E-state index contributed by atoms with van der Waals surface area (Å²) in [6.45, 7) is 0. The molecule has 0 radical (unpaired) electrons. The van der Waals surface area contributed by atoms with Crippen LogP contribution in [0.3, 0.4) is 0 Å². The lowest BCUT2D eigenvalue weighted by Gasteiger charge is -2.18. The summed E-state index contributed by atoms with van der Waals surface area (Å²) >= 11 is 0. The summed E-state index contributed by atoms with van der Waals surface area (Å²) in [5.41, 5.74) is 2.34. The van der Waals surface area contributed by atoms with Crippen LogP contribution in [-0.2, 0) is 6.42 Å². The number of allylic oxidation sites excluding steroid dienone is 1. The first-order valence-corrected chi connectivity index (χ1v) is 6.29. The molecule has 0 saturated heterocycles. The average Bonchev–Trinajstić information content (AvgIpc) is 2.40. The third-order valence-electron chi connectivity index (χ3n) is 3.32. The first kappa shape index (κ1) is 12.2. The third kappa shape index (κ3) is 3.34. The highest BCUT2D eigenvalue weighted by Gasteiger charge is 2.14. The minimum Gasteiger partial charge on any atom is -0.497 e. The van der Waals surface area contributed by atoms with Crippen LogP contribution in [0.5, 0.6) is 5.75 Å². The van der Waals surface area contributed by atoms with Gasteiger partial charge in [0.05, 0.1) is 13.2 Å². The molecule has 0 spiro atoms. The predicted molar refractivity (Wildman–Crippen MR) is 69.3 cm³/mol. The molecule has 17 heavy (non-hydrogen) atoms. The van der Waals surface area contributed by atoms with Gasteiger partial charge in [-0.25, -0.2) is 0 Å². The molecule has 0 saturated carbocycles. The van der Waals surface area contributed by atoms with Crippen molar-refractivity contribution in [2.45, 2.75) is 38.2 Å². The zero-order valence-corrected chi connectivity index (χ0v) is 10.4. The van der Waals surface area contributed by atoms with Crippen molar-refractivity contribution < 1.29 is 9.84 Å². The Morgan fingerprint density at radius 1 is 1.35 bits per heavy atom. The molecular weight excluding hydrogens is 212 g/mol. The Bertz CT molecular complexity index is 396. The van der Waals surface area contributed by atoms with E-state index >= 15 is 0 Å². The minimum absolute atomic E-state index is 0.331. The lowest BCUT2D eigenvalue weighted by molar-refractivity contribution is 0.204. The van der Waals surface area contributed by atoms with Gasteiger partial charge < -0.3 is 9.84 Å². The van der Waals surface area contributed by atoms with Crippen LogP contribution in [0.2, 0.25) is 0 Å². The van der Waals surface area contributed by atoms with Crippen LogP contribution in [0.25, 0.3) is 0 Å². The maximum Gasteiger partial charge on any atom is 0.119 e. The largest absolute Gasteiger partial charge is 0.497 e. The standard InChI is InChI=1S/C15H20O2/c1-17-14-9-5-6-12(10-14)11-15(16)13-7-3-2-4-8-13/h5-7,9-10,15-16H,2-4,8,11H2,1H3. The maximum atomic E-state index is 10.2. The van der Waals surface area contributed by atoms with Crippen molar-refractivity contribution in [3.05, 3.63) is 41.5 Å². The molecule has 1 N–H and O–H groups in total. The lowest BCUT2D eigenvalue weighted by atomic mass is 9.92. The van der Waals surface area contributed by atoms with Gasteiger partial charge in [-0.3, -0.25) is 0 Å². The van der Waals surface area contributed by atoms with Crippen LogP contribution < -0.4 is 4.74 Å². The molecule has 1 aromatic rings. The van der Waals surface area contributed by atoms with Crippen LogP contribution in [-0.4, -0.2) is 18.3 Å². The second-order valence-corrected chi connectivity index (χ2v) is 4.60. The number of rotatable bonds is 4. The van der Waals surface area contributed by atoms with E-state index in [1.807, 2.05) is 24.3 Å². The number of hydrogen-bond acceptors (Lipinski definition) is 2.